The van der Waals surface area contributed by atoms with Gasteiger partial charge in [0.1, 0.15) is 5.82 Å². The molecule has 0 saturated heterocycles. The van der Waals surface area contributed by atoms with Crippen molar-refractivity contribution in [1.29, 1.82) is 0 Å². The average molecular weight is 223 g/mol. The lowest BCUT2D eigenvalue weighted by atomic mass is 10.1. The van der Waals surface area contributed by atoms with Crippen LogP contribution in [0.3, 0.4) is 0 Å². The molecule has 5 heteroatoms. The van der Waals surface area contributed by atoms with Gasteiger partial charge in [-0.15, -0.1) is 0 Å². The van der Waals surface area contributed by atoms with Crippen LogP contribution in [0.25, 0.3) is 0 Å². The van der Waals surface area contributed by atoms with E-state index < -0.39 is 11.8 Å². The Hall–Kier alpha value is -2.06. The summed E-state index contributed by atoms with van der Waals surface area (Å²) in [5.74, 6) is 3.05. The number of hydrogen-bond acceptors (Lipinski definition) is 3. The molecule has 0 amide bonds. The van der Waals surface area contributed by atoms with E-state index in [1.807, 2.05) is 0 Å². The molecule has 0 atom stereocenters. The van der Waals surface area contributed by atoms with Crippen LogP contribution in [0.15, 0.2) is 12.1 Å². The second-order valence-electron chi connectivity index (χ2n) is 3.00. The van der Waals surface area contributed by atoms with Gasteiger partial charge in [-0.25, -0.2) is 9.18 Å². The van der Waals surface area contributed by atoms with Crippen LogP contribution in [0.2, 0.25) is 0 Å². The number of nitrogens with two attached hydrogens (primary N) is 1. The SMILES string of the molecule is Nc1c(C#CCCO)cc(F)cc1C(=O)O. The zero-order valence-electron chi connectivity index (χ0n) is 8.33. The van der Waals surface area contributed by atoms with Gasteiger partial charge in [0.2, 0.25) is 0 Å². The normalized spacial score (nSPS) is 9.38. The fourth-order valence-corrected chi connectivity index (χ4v) is 1.11. The molecule has 0 aliphatic heterocycles. The number of aliphatic hydroxyl groups excluding tert-OH is 1. The van der Waals surface area contributed by atoms with E-state index >= 15 is 0 Å². The van der Waals surface area contributed by atoms with E-state index in [1.54, 1.807) is 0 Å². The molecule has 0 heterocycles. The Bertz CT molecular complexity index is 474. The van der Waals surface area contributed by atoms with Crippen molar-refractivity contribution in [3.05, 3.63) is 29.1 Å². The minimum Gasteiger partial charge on any atom is -0.478 e. The average Bonchev–Trinajstić information content (AvgIpc) is 2.22. The van der Waals surface area contributed by atoms with E-state index in [1.165, 1.54) is 0 Å². The van der Waals surface area contributed by atoms with Gasteiger partial charge in [-0.2, -0.15) is 0 Å². The lowest BCUT2D eigenvalue weighted by Crippen LogP contribution is -2.05. The maximum atomic E-state index is 13.0. The number of nitrogen functional groups attached to an aromatic ring is 1. The predicted octanol–water partition coefficient (Wildman–Crippen LogP) is 0.840. The molecule has 16 heavy (non-hydrogen) atoms. The highest BCUT2D eigenvalue weighted by molar-refractivity contribution is 5.95. The number of aromatic carboxylic acids is 1. The largest absolute Gasteiger partial charge is 0.478 e. The number of carbonyl (C=O) groups is 1. The molecule has 1 aromatic carbocycles. The predicted molar refractivity (Wildman–Crippen MR) is 56.4 cm³/mol. The van der Waals surface area contributed by atoms with Gasteiger partial charge in [-0.1, -0.05) is 11.8 Å². The van der Waals surface area contributed by atoms with Gasteiger partial charge in [-0.05, 0) is 12.1 Å². The summed E-state index contributed by atoms with van der Waals surface area (Å²) in [4.78, 5) is 10.7. The van der Waals surface area contributed by atoms with Crippen molar-refractivity contribution >= 4 is 11.7 Å². The van der Waals surface area contributed by atoms with Crippen molar-refractivity contribution in [3.63, 3.8) is 0 Å². The molecule has 4 N–H and O–H groups in total. The third kappa shape index (κ3) is 2.72. The Balaban J connectivity index is 3.21. The van der Waals surface area contributed by atoms with Crippen molar-refractivity contribution in [1.82, 2.24) is 0 Å². The van der Waals surface area contributed by atoms with E-state index in [0.717, 1.165) is 12.1 Å². The van der Waals surface area contributed by atoms with Crippen molar-refractivity contribution in [2.45, 2.75) is 6.42 Å². The standard InChI is InChI=1S/C11H10FNO3/c12-8-5-7(3-1-2-4-14)10(13)9(6-8)11(15)16/h5-6,14H,2,4,13H2,(H,15,16). The number of hydrogen-bond donors (Lipinski definition) is 3. The van der Waals surface area contributed by atoms with E-state index in [0.29, 0.717) is 0 Å². The lowest BCUT2D eigenvalue weighted by molar-refractivity contribution is 0.0697. The number of anilines is 1. The Labute approximate surface area is 91.5 Å². The monoisotopic (exact) mass is 223 g/mol. The molecule has 4 nitrogen and oxygen atoms in total. The minimum atomic E-state index is -1.30. The molecule has 0 radical (unpaired) electrons. The zero-order valence-corrected chi connectivity index (χ0v) is 8.33. The molecule has 0 spiro atoms. The molecule has 84 valence electrons. The fraction of sp³-hybridized carbons (Fsp3) is 0.182. The Morgan fingerprint density at radius 2 is 2.19 bits per heavy atom. The van der Waals surface area contributed by atoms with Crippen molar-refractivity contribution in [3.8, 4) is 11.8 Å². The van der Waals surface area contributed by atoms with Gasteiger partial charge in [0.25, 0.3) is 0 Å². The molecular formula is C11H10FNO3. The summed E-state index contributed by atoms with van der Waals surface area (Å²) in [5.41, 5.74) is 5.26. The topological polar surface area (TPSA) is 83.5 Å². The van der Waals surface area contributed by atoms with Crippen LogP contribution >= 0.6 is 0 Å². The summed E-state index contributed by atoms with van der Waals surface area (Å²) in [6.45, 7) is -0.117. The molecule has 1 rings (SSSR count). The first-order valence-electron chi connectivity index (χ1n) is 4.48. The smallest absolute Gasteiger partial charge is 0.337 e. The van der Waals surface area contributed by atoms with E-state index in [-0.39, 0.29) is 29.8 Å². The summed E-state index contributed by atoms with van der Waals surface area (Å²) >= 11 is 0. The van der Waals surface area contributed by atoms with E-state index in [9.17, 15) is 9.18 Å². The molecular weight excluding hydrogens is 213 g/mol. The first-order chi connectivity index (χ1) is 7.56. The lowest BCUT2D eigenvalue weighted by Gasteiger charge is -2.03. The van der Waals surface area contributed by atoms with Crippen LogP contribution in [0.5, 0.6) is 0 Å². The van der Waals surface area contributed by atoms with Gasteiger partial charge in [0.15, 0.2) is 0 Å². The second-order valence-corrected chi connectivity index (χ2v) is 3.00. The molecule has 0 unspecified atom stereocenters. The number of aliphatic hydroxyl groups is 1. The summed E-state index contributed by atoms with van der Waals surface area (Å²) in [6.07, 6.45) is 0.221. The quantitative estimate of drug-likeness (QED) is 0.512. The Kier molecular flexibility index (Phi) is 3.86. The highest BCUT2D eigenvalue weighted by Crippen LogP contribution is 2.19. The fourth-order valence-electron chi connectivity index (χ4n) is 1.11. The minimum absolute atomic E-state index is 0.0701. The van der Waals surface area contributed by atoms with Crippen LogP contribution in [-0.4, -0.2) is 22.8 Å². The molecule has 0 bridgehead atoms. The van der Waals surface area contributed by atoms with Crippen LogP contribution in [0.1, 0.15) is 22.3 Å². The van der Waals surface area contributed by atoms with Crippen LogP contribution < -0.4 is 5.73 Å². The number of halogens is 1. The van der Waals surface area contributed by atoms with Gasteiger partial charge in [0, 0.05) is 6.42 Å². The first kappa shape index (κ1) is 12.0. The second kappa shape index (κ2) is 5.14. The van der Waals surface area contributed by atoms with Gasteiger partial charge >= 0.3 is 5.97 Å². The zero-order chi connectivity index (χ0) is 12.1. The summed E-state index contributed by atoms with van der Waals surface area (Å²) in [6, 6.07) is 1.90. The highest BCUT2D eigenvalue weighted by Gasteiger charge is 2.12. The molecule has 0 aliphatic carbocycles. The third-order valence-electron chi connectivity index (χ3n) is 1.84. The Morgan fingerprint density at radius 3 is 2.75 bits per heavy atom. The van der Waals surface area contributed by atoms with Crippen LogP contribution in [0.4, 0.5) is 10.1 Å². The van der Waals surface area contributed by atoms with Crippen molar-refractivity contribution in [2.75, 3.05) is 12.3 Å². The molecule has 1 aromatic rings. The van der Waals surface area contributed by atoms with Crippen molar-refractivity contribution in [2.24, 2.45) is 0 Å². The van der Waals surface area contributed by atoms with E-state index in [4.69, 9.17) is 15.9 Å². The van der Waals surface area contributed by atoms with E-state index in [2.05, 4.69) is 11.8 Å². The number of carboxylic acids is 1. The summed E-state index contributed by atoms with van der Waals surface area (Å²) in [5, 5.41) is 17.3. The first-order valence-corrected chi connectivity index (χ1v) is 4.48. The van der Waals surface area contributed by atoms with Crippen LogP contribution in [-0.2, 0) is 0 Å². The van der Waals surface area contributed by atoms with Crippen LogP contribution in [0, 0.1) is 17.7 Å². The van der Waals surface area contributed by atoms with Crippen molar-refractivity contribution < 1.29 is 19.4 Å². The summed E-state index contributed by atoms with van der Waals surface area (Å²) in [7, 11) is 0. The number of carboxylic acid groups (broad SMARTS) is 1. The molecule has 0 fully saturated rings. The van der Waals surface area contributed by atoms with Gasteiger partial charge in [0.05, 0.1) is 23.4 Å². The molecule has 0 saturated carbocycles. The maximum absolute atomic E-state index is 13.0. The van der Waals surface area contributed by atoms with Gasteiger partial charge < -0.3 is 15.9 Å². The summed E-state index contributed by atoms with van der Waals surface area (Å²) < 4.78 is 13.0. The molecule has 0 aliphatic rings. The maximum Gasteiger partial charge on any atom is 0.337 e. The Morgan fingerprint density at radius 1 is 1.50 bits per heavy atom. The number of rotatable bonds is 2. The highest BCUT2D eigenvalue weighted by atomic mass is 19.1. The van der Waals surface area contributed by atoms with Gasteiger partial charge in [-0.3, -0.25) is 0 Å². The number of benzene rings is 1. The third-order valence-corrected chi connectivity index (χ3v) is 1.84. The molecule has 0 aromatic heterocycles.